The highest BCUT2D eigenvalue weighted by molar-refractivity contribution is 8.00. The second-order valence-corrected chi connectivity index (χ2v) is 7.15. The molecule has 0 unspecified atom stereocenters. The molecule has 0 saturated carbocycles. The van der Waals surface area contributed by atoms with Crippen molar-refractivity contribution in [3.63, 3.8) is 0 Å². The number of hydrogen-bond acceptors (Lipinski definition) is 6. The zero-order valence-electron chi connectivity index (χ0n) is 13.7. The summed E-state index contributed by atoms with van der Waals surface area (Å²) in [6, 6.07) is 0. The highest BCUT2D eigenvalue weighted by Gasteiger charge is 2.25. The third-order valence-corrected chi connectivity index (χ3v) is 5.06. The fourth-order valence-corrected chi connectivity index (χ4v) is 3.57. The lowest BCUT2D eigenvalue weighted by molar-refractivity contribution is -0.132. The molecule has 1 amide bonds. The summed E-state index contributed by atoms with van der Waals surface area (Å²) >= 11 is 1.77. The van der Waals surface area contributed by atoms with Crippen molar-refractivity contribution in [3.05, 3.63) is 11.7 Å². The van der Waals surface area contributed by atoms with Crippen LogP contribution in [-0.2, 0) is 11.3 Å². The van der Waals surface area contributed by atoms with Crippen molar-refractivity contribution >= 4 is 17.7 Å². The van der Waals surface area contributed by atoms with Crippen molar-refractivity contribution in [1.29, 1.82) is 0 Å². The molecule has 2 heterocycles. The van der Waals surface area contributed by atoms with Crippen molar-refractivity contribution in [2.45, 2.75) is 45.4 Å². The van der Waals surface area contributed by atoms with Gasteiger partial charge in [-0.05, 0) is 19.1 Å². The van der Waals surface area contributed by atoms with Crippen molar-refractivity contribution in [3.8, 4) is 0 Å². The Labute approximate surface area is 136 Å². The van der Waals surface area contributed by atoms with Crippen LogP contribution in [0, 0.1) is 6.92 Å². The van der Waals surface area contributed by atoms with Crippen LogP contribution in [0.2, 0.25) is 0 Å². The van der Waals surface area contributed by atoms with Gasteiger partial charge in [-0.25, -0.2) is 0 Å². The molecular formula is C15H26N4O2S. The van der Waals surface area contributed by atoms with Crippen LogP contribution in [0.25, 0.3) is 0 Å². The minimum absolute atomic E-state index is 0.0676. The van der Waals surface area contributed by atoms with Crippen molar-refractivity contribution in [2.75, 3.05) is 31.9 Å². The maximum atomic E-state index is 12.4. The lowest BCUT2D eigenvalue weighted by Crippen LogP contribution is -2.50. The van der Waals surface area contributed by atoms with E-state index in [0.717, 1.165) is 37.8 Å². The van der Waals surface area contributed by atoms with E-state index in [4.69, 9.17) is 4.52 Å². The average molecular weight is 326 g/mol. The van der Waals surface area contributed by atoms with Gasteiger partial charge in [0.1, 0.15) is 0 Å². The topological polar surface area (TPSA) is 62.5 Å². The number of amides is 1. The molecule has 0 spiro atoms. The average Bonchev–Trinajstić information content (AvgIpc) is 2.92. The summed E-state index contributed by atoms with van der Waals surface area (Å²) in [6.45, 7) is 10.00. The normalized spacial score (nSPS) is 17.7. The maximum Gasteiger partial charge on any atom is 0.235 e. The molecule has 1 fully saturated rings. The fraction of sp³-hybridized carbons (Fsp3) is 0.800. The molecule has 0 radical (unpaired) electrons. The van der Waals surface area contributed by atoms with Crippen LogP contribution in [0.5, 0.6) is 0 Å². The predicted molar refractivity (Wildman–Crippen MR) is 87.7 cm³/mol. The summed E-state index contributed by atoms with van der Waals surface area (Å²) in [7, 11) is 0. The van der Waals surface area contributed by atoms with Crippen LogP contribution < -0.4 is 0 Å². The van der Waals surface area contributed by atoms with Crippen LogP contribution >= 0.6 is 11.8 Å². The first-order chi connectivity index (χ1) is 10.6. The van der Waals surface area contributed by atoms with E-state index in [1.54, 1.807) is 18.7 Å². The summed E-state index contributed by atoms with van der Waals surface area (Å²) in [6.07, 6.45) is 2.36. The predicted octanol–water partition coefficient (Wildman–Crippen LogP) is 1.94. The minimum atomic E-state index is 0.0676. The number of hydrogen-bond donors (Lipinski definition) is 0. The van der Waals surface area contributed by atoms with Crippen molar-refractivity contribution in [1.82, 2.24) is 19.9 Å². The molecule has 7 heteroatoms. The molecule has 1 atom stereocenters. The quantitative estimate of drug-likeness (QED) is 0.714. The standard InChI is InChI=1S/C15H26N4O2S/c1-4-5-10-22-12(2)15(20)19-8-6-18(7-9-19)11-14-16-13(3)21-17-14/h12H,4-11H2,1-3H3/t12-/m1/s1. The van der Waals surface area contributed by atoms with Gasteiger partial charge in [0.15, 0.2) is 5.82 Å². The Bertz CT molecular complexity index is 472. The van der Waals surface area contributed by atoms with Gasteiger partial charge in [-0.2, -0.15) is 4.98 Å². The number of aromatic nitrogens is 2. The van der Waals surface area contributed by atoms with E-state index < -0.39 is 0 Å². The molecule has 1 aromatic rings. The van der Waals surface area contributed by atoms with Gasteiger partial charge in [0.2, 0.25) is 11.8 Å². The molecule has 124 valence electrons. The molecule has 0 N–H and O–H groups in total. The van der Waals surface area contributed by atoms with Crippen LogP contribution in [0.3, 0.4) is 0 Å². The first kappa shape index (κ1) is 17.3. The Morgan fingerprint density at radius 1 is 1.36 bits per heavy atom. The molecule has 1 saturated heterocycles. The third kappa shape index (κ3) is 4.98. The van der Waals surface area contributed by atoms with Gasteiger partial charge in [-0.3, -0.25) is 9.69 Å². The summed E-state index contributed by atoms with van der Waals surface area (Å²) in [5.74, 6) is 2.67. The van der Waals surface area contributed by atoms with Crippen molar-refractivity contribution < 1.29 is 9.32 Å². The number of thioether (sulfide) groups is 1. The molecule has 1 aliphatic heterocycles. The van der Waals surface area contributed by atoms with Gasteiger partial charge in [0.05, 0.1) is 11.8 Å². The second kappa shape index (κ2) is 8.53. The number of piperazine rings is 1. The van der Waals surface area contributed by atoms with Gasteiger partial charge in [0.25, 0.3) is 0 Å². The summed E-state index contributed by atoms with van der Waals surface area (Å²) in [4.78, 5) is 20.9. The Hall–Kier alpha value is -1.08. The monoisotopic (exact) mass is 326 g/mol. The van der Waals surface area contributed by atoms with Crippen molar-refractivity contribution in [2.24, 2.45) is 0 Å². The number of rotatable bonds is 7. The molecule has 1 aliphatic rings. The van der Waals surface area contributed by atoms with E-state index in [9.17, 15) is 4.79 Å². The smallest absolute Gasteiger partial charge is 0.235 e. The molecule has 2 rings (SSSR count). The third-order valence-electron chi connectivity index (χ3n) is 3.83. The Morgan fingerprint density at radius 3 is 2.68 bits per heavy atom. The lowest BCUT2D eigenvalue weighted by Gasteiger charge is -2.35. The second-order valence-electron chi connectivity index (χ2n) is 5.70. The summed E-state index contributed by atoms with van der Waals surface area (Å²) in [5.41, 5.74) is 0. The minimum Gasteiger partial charge on any atom is -0.340 e. The summed E-state index contributed by atoms with van der Waals surface area (Å²) in [5, 5.41) is 3.99. The number of nitrogens with zero attached hydrogens (tertiary/aromatic N) is 4. The fourth-order valence-electron chi connectivity index (χ4n) is 2.46. The van der Waals surface area contributed by atoms with Gasteiger partial charge >= 0.3 is 0 Å². The molecular weight excluding hydrogens is 300 g/mol. The maximum absolute atomic E-state index is 12.4. The largest absolute Gasteiger partial charge is 0.340 e. The Balaban J connectivity index is 1.73. The highest BCUT2D eigenvalue weighted by atomic mass is 32.2. The van der Waals surface area contributed by atoms with Crippen LogP contribution in [0.4, 0.5) is 0 Å². The van der Waals surface area contributed by atoms with Crippen LogP contribution in [-0.4, -0.2) is 63.0 Å². The van der Waals surface area contributed by atoms with E-state index in [1.165, 1.54) is 12.8 Å². The number of aryl methyl sites for hydroxylation is 1. The van der Waals surface area contributed by atoms with E-state index in [1.807, 2.05) is 11.8 Å². The van der Waals surface area contributed by atoms with Gasteiger partial charge in [0, 0.05) is 33.1 Å². The Morgan fingerprint density at radius 2 is 2.09 bits per heavy atom. The van der Waals surface area contributed by atoms with E-state index in [-0.39, 0.29) is 11.2 Å². The Kier molecular flexibility index (Phi) is 6.70. The van der Waals surface area contributed by atoms with Crippen LogP contribution in [0.15, 0.2) is 4.52 Å². The molecule has 0 aromatic carbocycles. The summed E-state index contributed by atoms with van der Waals surface area (Å²) < 4.78 is 4.99. The SMILES string of the molecule is CCCCS[C@H](C)C(=O)N1CCN(Cc2noc(C)n2)CC1. The van der Waals surface area contributed by atoms with Gasteiger partial charge in [-0.15, -0.1) is 11.8 Å². The van der Waals surface area contributed by atoms with Crippen LogP contribution in [0.1, 0.15) is 38.4 Å². The number of carbonyl (C=O) groups is 1. The molecule has 0 aliphatic carbocycles. The zero-order chi connectivity index (χ0) is 15.9. The van der Waals surface area contributed by atoms with E-state index in [0.29, 0.717) is 12.4 Å². The van der Waals surface area contributed by atoms with Gasteiger partial charge < -0.3 is 9.42 Å². The highest BCUT2D eigenvalue weighted by Crippen LogP contribution is 2.17. The van der Waals surface area contributed by atoms with E-state index in [2.05, 4.69) is 22.0 Å². The van der Waals surface area contributed by atoms with E-state index >= 15 is 0 Å². The molecule has 0 bridgehead atoms. The number of carbonyl (C=O) groups excluding carboxylic acids is 1. The molecule has 6 nitrogen and oxygen atoms in total. The van der Waals surface area contributed by atoms with Gasteiger partial charge in [-0.1, -0.05) is 18.5 Å². The first-order valence-corrected chi connectivity index (χ1v) is 9.07. The molecule has 1 aromatic heterocycles. The zero-order valence-corrected chi connectivity index (χ0v) is 14.6. The number of unbranched alkanes of at least 4 members (excludes halogenated alkanes) is 1. The lowest BCUT2D eigenvalue weighted by atomic mass is 10.3. The first-order valence-electron chi connectivity index (χ1n) is 8.02. The molecule has 22 heavy (non-hydrogen) atoms.